The van der Waals surface area contributed by atoms with E-state index in [2.05, 4.69) is 58.6 Å². The second-order valence-electron chi connectivity index (χ2n) is 13.7. The molecule has 5 rings (SSSR count). The molecule has 1 atom stereocenters. The number of nitrogens with one attached hydrogen (secondary N) is 4. The number of carbonyl (C=O) groups excluding carboxylic acids is 3. The molecule has 0 radical (unpaired) electrons. The van der Waals surface area contributed by atoms with E-state index in [0.717, 1.165) is 45.6 Å². The minimum absolute atomic E-state index is 0.144. The topological polar surface area (TPSA) is 130 Å². The number of amides is 3. The maximum absolute atomic E-state index is 13.8. The van der Waals surface area contributed by atoms with Crippen LogP contribution in [-0.2, 0) is 25.6 Å². The summed E-state index contributed by atoms with van der Waals surface area (Å²) in [6.07, 6.45) is 2.80. The summed E-state index contributed by atoms with van der Waals surface area (Å²) < 4.78 is 5.35. The zero-order chi connectivity index (χ0) is 35.1. The van der Waals surface area contributed by atoms with E-state index in [9.17, 15) is 14.4 Å². The van der Waals surface area contributed by atoms with E-state index in [1.807, 2.05) is 69.3 Å². The first-order chi connectivity index (χ1) is 23.3. The first-order valence-corrected chi connectivity index (χ1v) is 17.1. The van der Waals surface area contributed by atoms with Gasteiger partial charge in [-0.1, -0.05) is 30.3 Å². The van der Waals surface area contributed by atoms with E-state index in [-0.39, 0.29) is 29.5 Å². The molecule has 3 aromatic carbocycles. The van der Waals surface area contributed by atoms with Crippen molar-refractivity contribution < 1.29 is 24.0 Å². The minimum atomic E-state index is -0.816. The van der Waals surface area contributed by atoms with E-state index in [1.165, 1.54) is 0 Å². The van der Waals surface area contributed by atoms with Crippen LogP contribution in [-0.4, -0.2) is 41.9 Å². The van der Waals surface area contributed by atoms with Gasteiger partial charge in [0.2, 0.25) is 17.7 Å². The number of alkyl carbamates (subject to hydrolysis) is 1. The Morgan fingerprint density at radius 3 is 2.43 bits per heavy atom. The van der Waals surface area contributed by atoms with Gasteiger partial charge in [-0.3, -0.25) is 9.59 Å². The predicted octanol–water partition coefficient (Wildman–Crippen LogP) is 6.70. The molecule has 0 aromatic heterocycles. The van der Waals surface area contributed by atoms with Crippen molar-refractivity contribution in [1.29, 1.82) is 0 Å². The predicted molar refractivity (Wildman–Crippen MR) is 194 cm³/mol. The summed E-state index contributed by atoms with van der Waals surface area (Å²) in [5.74, 6) is 0.376. The van der Waals surface area contributed by atoms with E-state index in [1.54, 1.807) is 12.1 Å². The van der Waals surface area contributed by atoms with Gasteiger partial charge in [0, 0.05) is 35.0 Å². The number of rotatable bonds is 10. The van der Waals surface area contributed by atoms with Crippen LogP contribution in [0.25, 0.3) is 11.1 Å². The lowest BCUT2D eigenvalue weighted by Crippen LogP contribution is -2.48. The molecule has 0 saturated heterocycles. The van der Waals surface area contributed by atoms with Gasteiger partial charge in [0.05, 0.1) is 0 Å². The second-order valence-corrected chi connectivity index (χ2v) is 14.2. The summed E-state index contributed by atoms with van der Waals surface area (Å²) in [5.41, 5.74) is 7.62. The molecule has 1 aliphatic heterocycles. The fourth-order valence-electron chi connectivity index (χ4n) is 6.03. The first-order valence-electron chi connectivity index (χ1n) is 16.6. The van der Waals surface area contributed by atoms with Crippen molar-refractivity contribution in [2.75, 3.05) is 11.9 Å². The molecular formula is C38H45N5O5S. The Balaban J connectivity index is 1.27. The van der Waals surface area contributed by atoms with Crippen molar-refractivity contribution in [3.8, 4) is 11.1 Å². The van der Waals surface area contributed by atoms with Crippen molar-refractivity contribution in [3.05, 3.63) is 95.9 Å². The molecule has 2 aliphatic rings. The van der Waals surface area contributed by atoms with Crippen LogP contribution in [0.2, 0.25) is 0 Å². The highest BCUT2D eigenvalue weighted by Gasteiger charge is 2.30. The Morgan fingerprint density at radius 1 is 1.02 bits per heavy atom. The second kappa shape index (κ2) is 15.6. The minimum Gasteiger partial charge on any atom is -0.444 e. The van der Waals surface area contributed by atoms with E-state index in [4.69, 9.17) is 9.57 Å². The van der Waals surface area contributed by atoms with Gasteiger partial charge in [-0.2, -0.15) is 4.99 Å². The maximum atomic E-state index is 13.8. The number of hydroxylamine groups is 1. The summed E-state index contributed by atoms with van der Waals surface area (Å²) >= 11 is 4.53. The van der Waals surface area contributed by atoms with Crippen LogP contribution in [0.5, 0.6) is 0 Å². The summed E-state index contributed by atoms with van der Waals surface area (Å²) in [5, 5.41) is 8.92. The molecule has 1 heterocycles. The van der Waals surface area contributed by atoms with Gasteiger partial charge < -0.3 is 25.5 Å². The molecule has 0 unspecified atom stereocenters. The fraction of sp³-hybridized carbons (Fsp3) is 0.368. The first kappa shape index (κ1) is 35.5. The van der Waals surface area contributed by atoms with Gasteiger partial charge in [-0.25, -0.2) is 10.3 Å². The third kappa shape index (κ3) is 10.1. The summed E-state index contributed by atoms with van der Waals surface area (Å²) in [6, 6.07) is 20.4. The number of amidine groups is 1. The van der Waals surface area contributed by atoms with Crippen molar-refractivity contribution >= 4 is 42.1 Å². The van der Waals surface area contributed by atoms with E-state index in [0.29, 0.717) is 37.3 Å². The third-order valence-corrected chi connectivity index (χ3v) is 8.89. The van der Waals surface area contributed by atoms with Gasteiger partial charge in [0.25, 0.3) is 0 Å². The van der Waals surface area contributed by atoms with Crippen LogP contribution >= 0.6 is 12.6 Å². The Labute approximate surface area is 293 Å². The fourth-order valence-corrected chi connectivity index (χ4v) is 6.24. The highest BCUT2D eigenvalue weighted by Crippen LogP contribution is 2.30. The van der Waals surface area contributed by atoms with Crippen molar-refractivity contribution in [2.24, 2.45) is 16.8 Å². The molecule has 258 valence electrons. The molecule has 4 N–H and O–H groups in total. The summed E-state index contributed by atoms with van der Waals surface area (Å²) in [6.45, 7) is 11.7. The average Bonchev–Trinajstić information content (AvgIpc) is 3.50. The van der Waals surface area contributed by atoms with E-state index < -0.39 is 17.7 Å². The zero-order valence-corrected chi connectivity index (χ0v) is 29.4. The molecular weight excluding hydrogens is 639 g/mol. The van der Waals surface area contributed by atoms with Crippen LogP contribution in [0.3, 0.4) is 0 Å². The normalized spacial score (nSPS) is 18.0. The monoisotopic (exact) mass is 683 g/mol. The van der Waals surface area contributed by atoms with Crippen LogP contribution in [0.15, 0.2) is 89.1 Å². The van der Waals surface area contributed by atoms with Crippen LogP contribution in [0, 0.1) is 18.8 Å². The van der Waals surface area contributed by atoms with E-state index >= 15 is 0 Å². The Kier molecular flexibility index (Phi) is 11.3. The highest BCUT2D eigenvalue weighted by atomic mass is 32.1. The number of benzene rings is 3. The molecule has 0 bridgehead atoms. The van der Waals surface area contributed by atoms with Crippen molar-refractivity contribution in [3.63, 3.8) is 0 Å². The lowest BCUT2D eigenvalue weighted by atomic mass is 9.81. The van der Waals surface area contributed by atoms with Crippen molar-refractivity contribution in [1.82, 2.24) is 16.1 Å². The van der Waals surface area contributed by atoms with Gasteiger partial charge in [0.15, 0.2) is 5.84 Å². The molecule has 1 aliphatic carbocycles. The number of aliphatic imine (C=N–C) groups is 1. The summed E-state index contributed by atoms with van der Waals surface area (Å²) in [7, 11) is 0. The molecule has 0 spiro atoms. The molecule has 49 heavy (non-hydrogen) atoms. The number of hydrogen-bond donors (Lipinski definition) is 5. The van der Waals surface area contributed by atoms with Crippen molar-refractivity contribution in [2.45, 2.75) is 76.3 Å². The molecule has 10 nitrogen and oxygen atoms in total. The maximum Gasteiger partial charge on any atom is 0.407 e. The quantitative estimate of drug-likeness (QED) is 0.151. The lowest BCUT2D eigenvalue weighted by molar-refractivity contribution is -0.130. The van der Waals surface area contributed by atoms with Crippen LogP contribution < -0.4 is 21.4 Å². The number of carbonyl (C=O) groups is 3. The smallest absolute Gasteiger partial charge is 0.407 e. The number of anilines is 1. The van der Waals surface area contributed by atoms with Crippen LogP contribution in [0.1, 0.15) is 63.1 Å². The number of ether oxygens (including phenoxy) is 1. The molecule has 1 saturated carbocycles. The number of nitrogens with zero attached hydrogens (tertiary/aromatic N) is 1. The van der Waals surface area contributed by atoms with Gasteiger partial charge in [-0.15, -0.1) is 12.6 Å². The Hall–Kier alpha value is -4.77. The molecule has 3 aromatic rings. The van der Waals surface area contributed by atoms with Crippen LogP contribution in [0.4, 0.5) is 10.5 Å². The van der Waals surface area contributed by atoms with Gasteiger partial charge in [0.1, 0.15) is 11.6 Å². The molecule has 11 heteroatoms. The average molecular weight is 684 g/mol. The number of aryl methyl sites for hydroxylation is 1. The SMILES string of the molecule is C=C1N=C(c2ccc(NC(=O)[C@H](Cc3cccc(-c4cc(S)ccc4C)c3)NC(=O)C3CCC(CNC(=O)OC(C)(C)C)CC3)cc2)NO1. The highest BCUT2D eigenvalue weighted by molar-refractivity contribution is 7.80. The van der Waals surface area contributed by atoms with Gasteiger partial charge in [-0.05, 0) is 125 Å². The van der Waals surface area contributed by atoms with Gasteiger partial charge >= 0.3 is 6.09 Å². The molecule has 1 fully saturated rings. The standard InChI is InChI=1S/C38H45N5O5S/c1-23-9-18-31(49)21-32(23)29-8-6-7-26(19-29)20-33(36(45)41-30-16-14-27(15-17-30)34-40-24(2)48-43-34)42-35(44)28-12-10-25(11-13-28)22-39-37(46)47-38(3,4)5/h6-9,14-19,21,25,28,33,49H,2,10-13,20,22H2,1,3-5H3,(H,39,46)(H,40,43)(H,41,45)(H,42,44)/t25?,28?,33-/m0/s1. The lowest BCUT2D eigenvalue weighted by Gasteiger charge is -2.29. The zero-order valence-electron chi connectivity index (χ0n) is 28.5. The number of thiol groups is 1. The summed E-state index contributed by atoms with van der Waals surface area (Å²) in [4.78, 5) is 49.7. The Morgan fingerprint density at radius 2 is 1.76 bits per heavy atom. The Bertz CT molecular complexity index is 1720. The largest absolute Gasteiger partial charge is 0.444 e. The number of hydrogen-bond acceptors (Lipinski definition) is 8. The third-order valence-electron chi connectivity index (χ3n) is 8.61. The molecule has 3 amide bonds.